The summed E-state index contributed by atoms with van der Waals surface area (Å²) in [4.78, 5) is 46.8. The minimum atomic E-state index is -0.682. The highest BCUT2D eigenvalue weighted by molar-refractivity contribution is 8.00. The molecule has 2 aromatic carbocycles. The number of carbonyl (C=O) groups excluding carboxylic acids is 2. The Kier molecular flexibility index (Phi) is 8.80. The quantitative estimate of drug-likeness (QED) is 0.243. The Morgan fingerprint density at radius 1 is 1.02 bits per heavy atom. The van der Waals surface area contributed by atoms with Crippen LogP contribution in [-0.2, 0) is 9.59 Å². The Labute approximate surface area is 282 Å². The van der Waals surface area contributed by atoms with Crippen molar-refractivity contribution in [2.75, 3.05) is 55.7 Å². The van der Waals surface area contributed by atoms with E-state index in [4.69, 9.17) is 0 Å². The summed E-state index contributed by atoms with van der Waals surface area (Å²) < 4.78 is 12.8. The van der Waals surface area contributed by atoms with Gasteiger partial charge in [-0.05, 0) is 80.3 Å². The summed E-state index contributed by atoms with van der Waals surface area (Å²) >= 11 is 1.52. The van der Waals surface area contributed by atoms with Crippen LogP contribution in [0.5, 0.6) is 0 Å². The highest BCUT2D eigenvalue weighted by Crippen LogP contribution is 2.36. The number of carbonyl (C=O) groups is 2. The van der Waals surface area contributed by atoms with Crippen LogP contribution in [0.15, 0.2) is 79.3 Å². The first-order valence-electron chi connectivity index (χ1n) is 15.9. The Morgan fingerprint density at radius 3 is 2.54 bits per heavy atom. The molecule has 2 aliphatic rings. The lowest BCUT2D eigenvalue weighted by Crippen LogP contribution is -2.56. The lowest BCUT2D eigenvalue weighted by atomic mass is 10.1. The Hall–Kier alpha value is -4.88. The summed E-state index contributed by atoms with van der Waals surface area (Å²) in [5.41, 5.74) is 3.80. The number of fused-ring (bicyclic) bond motifs is 1. The van der Waals surface area contributed by atoms with E-state index in [2.05, 4.69) is 47.2 Å². The third kappa shape index (κ3) is 6.35. The summed E-state index contributed by atoms with van der Waals surface area (Å²) in [5.74, 6) is 1.17. The number of likely N-dealkylation sites (tertiary alicyclic amines) is 1. The minimum absolute atomic E-state index is 0.0130. The second-order valence-corrected chi connectivity index (χ2v) is 13.5. The molecule has 0 saturated carbocycles. The van der Waals surface area contributed by atoms with Gasteiger partial charge < -0.3 is 15.1 Å². The molecule has 2 saturated heterocycles. The maximum atomic E-state index is 13.8. The normalized spacial score (nSPS) is 19.9. The monoisotopic (exact) mass is 665 g/mol. The smallest absolute Gasteiger partial charge is 0.241 e. The molecule has 2 N–H and O–H groups in total. The van der Waals surface area contributed by atoms with Gasteiger partial charge in [0.1, 0.15) is 16.4 Å². The van der Waals surface area contributed by atoms with Gasteiger partial charge in [-0.1, -0.05) is 0 Å². The lowest BCUT2D eigenvalue weighted by molar-refractivity contribution is -0.134. The second kappa shape index (κ2) is 13.3. The first kappa shape index (κ1) is 31.7. The minimum Gasteiger partial charge on any atom is -0.353 e. The van der Waals surface area contributed by atoms with Crippen molar-refractivity contribution >= 4 is 46.0 Å². The number of halogens is 1. The predicted octanol–water partition coefficient (Wildman–Crippen LogP) is 4.70. The van der Waals surface area contributed by atoms with E-state index in [1.165, 1.54) is 23.9 Å². The SMILES string of the molecule is CS[C@@]1(C(=O)Nc2ccc3[nH]nc(-c4ccc(F)cc4)c3c2)CCN(CC(=O)N2CCN(c3ccc(-c4ncccn4)cn3)CC2C)C1. The number of benzene rings is 2. The molecule has 246 valence electrons. The number of hydrogen-bond donors (Lipinski definition) is 2. The number of H-pyrrole nitrogens is 1. The predicted molar refractivity (Wildman–Crippen MR) is 186 cm³/mol. The van der Waals surface area contributed by atoms with Gasteiger partial charge in [0.15, 0.2) is 5.82 Å². The third-order valence-corrected chi connectivity index (χ3v) is 10.6. The molecule has 0 aliphatic carbocycles. The van der Waals surface area contributed by atoms with E-state index in [9.17, 15) is 14.0 Å². The number of piperazine rings is 1. The van der Waals surface area contributed by atoms with Gasteiger partial charge in [-0.2, -0.15) is 5.10 Å². The molecule has 5 heterocycles. The molecule has 2 atom stereocenters. The fourth-order valence-electron chi connectivity index (χ4n) is 6.57. The van der Waals surface area contributed by atoms with Gasteiger partial charge in [0.25, 0.3) is 0 Å². The molecule has 13 heteroatoms. The highest BCUT2D eigenvalue weighted by atomic mass is 32.2. The molecular formula is C35H36FN9O2S. The number of nitrogens with one attached hydrogen (secondary N) is 2. The number of aromatic amines is 1. The van der Waals surface area contributed by atoms with Crippen LogP contribution in [0.4, 0.5) is 15.9 Å². The third-order valence-electron chi connectivity index (χ3n) is 9.26. The van der Waals surface area contributed by atoms with Gasteiger partial charge in [0, 0.05) is 79.6 Å². The molecule has 2 aliphatic heterocycles. The van der Waals surface area contributed by atoms with Crippen LogP contribution < -0.4 is 10.2 Å². The fraction of sp³-hybridized carbons (Fsp3) is 0.314. The van der Waals surface area contributed by atoms with Gasteiger partial charge in [-0.15, -0.1) is 11.8 Å². The van der Waals surface area contributed by atoms with E-state index in [0.29, 0.717) is 56.4 Å². The van der Waals surface area contributed by atoms with Crippen LogP contribution in [0, 0.1) is 5.82 Å². The molecule has 5 aromatic rings. The summed E-state index contributed by atoms with van der Waals surface area (Å²) in [7, 11) is 0. The topological polar surface area (TPSA) is 123 Å². The van der Waals surface area contributed by atoms with E-state index in [1.807, 2.05) is 41.5 Å². The average Bonchev–Trinajstić information content (AvgIpc) is 3.74. The molecule has 1 unspecified atom stereocenters. The number of anilines is 2. The van der Waals surface area contributed by atoms with Crippen molar-refractivity contribution in [3.63, 3.8) is 0 Å². The Bertz CT molecular complexity index is 1920. The molecule has 11 nitrogen and oxygen atoms in total. The molecule has 0 radical (unpaired) electrons. The van der Waals surface area contributed by atoms with Crippen LogP contribution in [0.2, 0.25) is 0 Å². The van der Waals surface area contributed by atoms with Gasteiger partial charge in [0.05, 0.1) is 17.8 Å². The molecule has 2 amide bonds. The van der Waals surface area contributed by atoms with Crippen molar-refractivity contribution in [1.29, 1.82) is 0 Å². The van der Waals surface area contributed by atoms with E-state index >= 15 is 0 Å². The van der Waals surface area contributed by atoms with Gasteiger partial charge in [-0.3, -0.25) is 19.6 Å². The second-order valence-electron chi connectivity index (χ2n) is 12.3. The van der Waals surface area contributed by atoms with Crippen LogP contribution >= 0.6 is 11.8 Å². The standard InChI is InChI=1S/C35H36FN9O2S/c1-23-20-44(30-11-6-25(19-39-30)33-37-13-3-14-38-33)16-17-45(23)31(46)21-43-15-12-35(22-43,48-2)34(47)40-27-9-10-29-28(18-27)32(42-41-29)24-4-7-26(36)8-5-24/h3-11,13-14,18-19,23H,12,15-17,20-22H2,1-2H3,(H,40,47)(H,41,42)/t23?,35-/m0/s1. The maximum Gasteiger partial charge on any atom is 0.241 e. The zero-order valence-corrected chi connectivity index (χ0v) is 27.6. The summed E-state index contributed by atoms with van der Waals surface area (Å²) in [6.07, 6.45) is 7.80. The number of aromatic nitrogens is 5. The first-order valence-corrected chi connectivity index (χ1v) is 17.2. The van der Waals surface area contributed by atoms with Gasteiger partial charge in [0.2, 0.25) is 11.8 Å². The van der Waals surface area contributed by atoms with Crippen LogP contribution in [0.3, 0.4) is 0 Å². The fourth-order valence-corrected chi connectivity index (χ4v) is 7.42. The molecule has 7 rings (SSSR count). The van der Waals surface area contributed by atoms with Crippen molar-refractivity contribution in [3.05, 3.63) is 85.1 Å². The average molecular weight is 666 g/mol. The molecular weight excluding hydrogens is 630 g/mol. The van der Waals surface area contributed by atoms with Gasteiger partial charge >= 0.3 is 0 Å². The van der Waals surface area contributed by atoms with E-state index in [-0.39, 0.29) is 30.2 Å². The van der Waals surface area contributed by atoms with E-state index in [1.54, 1.807) is 36.8 Å². The van der Waals surface area contributed by atoms with E-state index in [0.717, 1.165) is 27.8 Å². The van der Waals surface area contributed by atoms with E-state index < -0.39 is 4.75 Å². The summed E-state index contributed by atoms with van der Waals surface area (Å²) in [5, 5.41) is 11.4. The Balaban J connectivity index is 0.956. The maximum absolute atomic E-state index is 13.8. The van der Waals surface area contributed by atoms with Crippen molar-refractivity contribution in [2.45, 2.75) is 24.1 Å². The van der Waals surface area contributed by atoms with Crippen LogP contribution in [-0.4, -0.2) is 103 Å². The highest BCUT2D eigenvalue weighted by Gasteiger charge is 2.45. The lowest BCUT2D eigenvalue weighted by Gasteiger charge is -2.41. The van der Waals surface area contributed by atoms with Gasteiger partial charge in [-0.25, -0.2) is 19.3 Å². The summed E-state index contributed by atoms with van der Waals surface area (Å²) in [6.45, 7) is 5.45. The summed E-state index contributed by atoms with van der Waals surface area (Å²) in [6, 6.07) is 17.5. The van der Waals surface area contributed by atoms with Crippen LogP contribution in [0.25, 0.3) is 33.5 Å². The molecule has 2 fully saturated rings. The van der Waals surface area contributed by atoms with Crippen LogP contribution in [0.1, 0.15) is 13.3 Å². The number of rotatable bonds is 8. The van der Waals surface area contributed by atoms with Crippen molar-refractivity contribution in [2.24, 2.45) is 0 Å². The molecule has 48 heavy (non-hydrogen) atoms. The largest absolute Gasteiger partial charge is 0.353 e. The molecule has 0 spiro atoms. The Morgan fingerprint density at radius 2 is 1.81 bits per heavy atom. The number of hydrogen-bond acceptors (Lipinski definition) is 9. The van der Waals surface area contributed by atoms with Crippen molar-refractivity contribution in [3.8, 4) is 22.6 Å². The molecule has 3 aromatic heterocycles. The van der Waals surface area contributed by atoms with Crippen molar-refractivity contribution in [1.82, 2.24) is 34.9 Å². The zero-order valence-electron chi connectivity index (χ0n) is 26.8. The number of amides is 2. The first-order chi connectivity index (χ1) is 23.3. The number of pyridine rings is 1. The number of thioether (sulfide) groups is 1. The molecule has 0 bridgehead atoms. The number of nitrogens with zero attached hydrogens (tertiary/aromatic N) is 7. The zero-order chi connectivity index (χ0) is 33.3. The van der Waals surface area contributed by atoms with Crippen molar-refractivity contribution < 1.29 is 14.0 Å².